The van der Waals surface area contributed by atoms with Crippen LogP contribution in [0.4, 0.5) is 11.4 Å². The third kappa shape index (κ3) is 5.17. The molecule has 0 spiro atoms. The van der Waals surface area contributed by atoms with Crippen LogP contribution in [-0.4, -0.2) is 40.9 Å². The number of carbonyl (C=O) groups is 1. The summed E-state index contributed by atoms with van der Waals surface area (Å²) < 4.78 is 6.45. The Morgan fingerprint density at radius 1 is 1.06 bits per heavy atom. The fourth-order valence-electron chi connectivity index (χ4n) is 3.96. The first-order valence-electron chi connectivity index (χ1n) is 11.7. The number of fused-ring (bicyclic) bond motifs is 3. The first-order valence-corrected chi connectivity index (χ1v) is 12.7. The van der Waals surface area contributed by atoms with E-state index in [0.29, 0.717) is 16.7 Å². The molecule has 1 amide bonds. The van der Waals surface area contributed by atoms with Crippen molar-refractivity contribution >= 4 is 29.0 Å². The summed E-state index contributed by atoms with van der Waals surface area (Å²) in [4.78, 5) is 21.3. The third-order valence-electron chi connectivity index (χ3n) is 5.77. The van der Waals surface area contributed by atoms with Crippen LogP contribution >= 0.6 is 11.8 Å². The lowest BCUT2D eigenvalue weighted by Gasteiger charge is -2.30. The second-order valence-corrected chi connectivity index (χ2v) is 9.58. The predicted octanol–water partition coefficient (Wildman–Crippen LogP) is 5.72. The highest BCUT2D eigenvalue weighted by atomic mass is 32.2. The molecule has 178 valence electrons. The van der Waals surface area contributed by atoms with E-state index in [1.54, 1.807) is 23.6 Å². The molecule has 0 N–H and O–H groups in total. The van der Waals surface area contributed by atoms with E-state index >= 15 is 0 Å². The second kappa shape index (κ2) is 10.9. The SMILES string of the molecule is CCCCCCSc1nnc2c(n1)O[C@@H](c1ccc(N(C)C)cc1)N(C(C)=O)c1ccccc1-2. The minimum absolute atomic E-state index is 0.125. The quantitative estimate of drug-likeness (QED) is 0.303. The van der Waals surface area contributed by atoms with Gasteiger partial charge in [-0.15, -0.1) is 10.2 Å². The molecule has 0 fully saturated rings. The van der Waals surface area contributed by atoms with Gasteiger partial charge in [0.05, 0.1) is 5.69 Å². The third-order valence-corrected chi connectivity index (χ3v) is 6.70. The monoisotopic (exact) mass is 477 g/mol. The van der Waals surface area contributed by atoms with Crippen LogP contribution in [0.2, 0.25) is 0 Å². The summed E-state index contributed by atoms with van der Waals surface area (Å²) in [6.07, 6.45) is 4.08. The van der Waals surface area contributed by atoms with E-state index in [9.17, 15) is 4.79 Å². The number of amides is 1. The molecule has 0 radical (unpaired) electrons. The van der Waals surface area contributed by atoms with Gasteiger partial charge in [-0.05, 0) is 24.6 Å². The topological polar surface area (TPSA) is 71.5 Å². The number of thioether (sulfide) groups is 1. The summed E-state index contributed by atoms with van der Waals surface area (Å²) >= 11 is 1.59. The molecule has 0 aliphatic carbocycles. The van der Waals surface area contributed by atoms with E-state index < -0.39 is 6.23 Å². The number of hydrogen-bond donors (Lipinski definition) is 0. The largest absolute Gasteiger partial charge is 0.447 e. The van der Waals surface area contributed by atoms with Crippen LogP contribution < -0.4 is 14.5 Å². The molecule has 1 aliphatic heterocycles. The number of anilines is 2. The van der Waals surface area contributed by atoms with Crippen LogP contribution in [0.1, 0.15) is 51.3 Å². The van der Waals surface area contributed by atoms with Crippen LogP contribution in [0.15, 0.2) is 53.7 Å². The lowest BCUT2D eigenvalue weighted by Crippen LogP contribution is -2.36. The zero-order valence-electron chi connectivity index (χ0n) is 20.2. The Hall–Kier alpha value is -3.13. The van der Waals surface area contributed by atoms with Crippen molar-refractivity contribution in [3.63, 3.8) is 0 Å². The maximum Gasteiger partial charge on any atom is 0.247 e. The van der Waals surface area contributed by atoms with Crippen molar-refractivity contribution in [1.29, 1.82) is 0 Å². The molecule has 8 heteroatoms. The van der Waals surface area contributed by atoms with Gasteiger partial charge in [0.1, 0.15) is 0 Å². The Morgan fingerprint density at radius 2 is 1.82 bits per heavy atom. The van der Waals surface area contributed by atoms with Crippen molar-refractivity contribution < 1.29 is 9.53 Å². The lowest BCUT2D eigenvalue weighted by molar-refractivity contribution is -0.118. The van der Waals surface area contributed by atoms with Gasteiger partial charge in [-0.1, -0.05) is 68.3 Å². The average Bonchev–Trinajstić information content (AvgIpc) is 2.98. The zero-order chi connectivity index (χ0) is 24.1. The minimum atomic E-state index is -0.671. The van der Waals surface area contributed by atoms with E-state index in [1.807, 2.05) is 67.5 Å². The summed E-state index contributed by atoms with van der Waals surface area (Å²) in [7, 11) is 3.99. The highest BCUT2D eigenvalue weighted by Crippen LogP contribution is 2.43. The van der Waals surface area contributed by atoms with Crippen molar-refractivity contribution in [2.75, 3.05) is 29.6 Å². The van der Waals surface area contributed by atoms with Gasteiger partial charge in [-0.25, -0.2) is 0 Å². The van der Waals surface area contributed by atoms with E-state index in [2.05, 4.69) is 17.1 Å². The van der Waals surface area contributed by atoms with Gasteiger partial charge in [0, 0.05) is 43.6 Å². The fraction of sp³-hybridized carbons (Fsp3) is 0.385. The number of unbranched alkanes of at least 4 members (excludes halogenated alkanes) is 3. The number of nitrogens with zero attached hydrogens (tertiary/aromatic N) is 5. The molecular formula is C26H31N5O2S. The highest BCUT2D eigenvalue weighted by molar-refractivity contribution is 7.99. The van der Waals surface area contributed by atoms with Crippen molar-refractivity contribution in [3.05, 3.63) is 54.1 Å². The molecule has 3 aromatic rings. The average molecular weight is 478 g/mol. The van der Waals surface area contributed by atoms with Gasteiger partial charge in [-0.3, -0.25) is 9.69 Å². The number of aromatic nitrogens is 3. The number of benzene rings is 2. The van der Waals surface area contributed by atoms with Crippen molar-refractivity contribution in [2.45, 2.75) is 50.9 Å². The van der Waals surface area contributed by atoms with Gasteiger partial charge < -0.3 is 9.64 Å². The second-order valence-electron chi connectivity index (χ2n) is 8.52. The zero-order valence-corrected chi connectivity index (χ0v) is 21.0. The smallest absolute Gasteiger partial charge is 0.247 e. The molecule has 2 heterocycles. The highest BCUT2D eigenvalue weighted by Gasteiger charge is 2.34. The fourth-order valence-corrected chi connectivity index (χ4v) is 4.74. The molecule has 1 aromatic heterocycles. The van der Waals surface area contributed by atoms with Crippen LogP contribution in [-0.2, 0) is 4.79 Å². The van der Waals surface area contributed by atoms with Gasteiger partial charge in [0.25, 0.3) is 0 Å². The van der Waals surface area contributed by atoms with E-state index in [1.165, 1.54) is 19.3 Å². The summed E-state index contributed by atoms with van der Waals surface area (Å²) in [6.45, 7) is 3.75. The summed E-state index contributed by atoms with van der Waals surface area (Å²) in [5.74, 6) is 1.20. The number of ether oxygens (including phenoxy) is 1. The Labute approximate surface area is 205 Å². The Balaban J connectivity index is 1.73. The standard InChI is InChI=1S/C26H31N5O2S/c1-5-6-7-10-17-34-26-27-24-23(28-29-26)21-11-8-9-12-22(21)31(18(2)32)25(33-24)19-13-15-20(16-14-19)30(3)4/h8-9,11-16,25H,5-7,10,17H2,1-4H3/t25-/m0/s1. The molecule has 0 saturated carbocycles. The molecule has 2 aromatic carbocycles. The summed E-state index contributed by atoms with van der Waals surface area (Å²) in [6, 6.07) is 15.7. The number of carbonyl (C=O) groups excluding carboxylic acids is 1. The normalized spacial score (nSPS) is 14.6. The van der Waals surface area contributed by atoms with Crippen molar-refractivity contribution in [2.24, 2.45) is 0 Å². The summed E-state index contributed by atoms with van der Waals surface area (Å²) in [5, 5.41) is 9.44. The van der Waals surface area contributed by atoms with Gasteiger partial charge in [-0.2, -0.15) is 4.98 Å². The predicted molar refractivity (Wildman–Crippen MR) is 137 cm³/mol. The molecule has 4 rings (SSSR count). The molecule has 0 bridgehead atoms. The van der Waals surface area contributed by atoms with Crippen molar-refractivity contribution in [1.82, 2.24) is 15.2 Å². The van der Waals surface area contributed by atoms with Gasteiger partial charge in [0.15, 0.2) is 5.69 Å². The molecule has 34 heavy (non-hydrogen) atoms. The number of para-hydroxylation sites is 1. The molecule has 7 nitrogen and oxygen atoms in total. The van der Waals surface area contributed by atoms with Crippen LogP contribution in [0.25, 0.3) is 11.3 Å². The van der Waals surface area contributed by atoms with Crippen LogP contribution in [0.3, 0.4) is 0 Å². The van der Waals surface area contributed by atoms with E-state index in [-0.39, 0.29) is 5.91 Å². The first-order chi connectivity index (χ1) is 16.5. The summed E-state index contributed by atoms with van der Waals surface area (Å²) in [5.41, 5.74) is 3.98. The molecule has 1 atom stereocenters. The molecule has 0 unspecified atom stereocenters. The Bertz CT molecular complexity index is 1140. The molecule has 1 aliphatic rings. The maximum absolute atomic E-state index is 12.9. The molecular weight excluding hydrogens is 446 g/mol. The first kappa shape index (κ1) is 24.0. The minimum Gasteiger partial charge on any atom is -0.447 e. The number of hydrogen-bond acceptors (Lipinski definition) is 7. The van der Waals surface area contributed by atoms with Gasteiger partial charge in [0.2, 0.25) is 23.2 Å². The Morgan fingerprint density at radius 3 is 2.53 bits per heavy atom. The van der Waals surface area contributed by atoms with E-state index in [4.69, 9.17) is 9.72 Å². The molecule has 0 saturated heterocycles. The maximum atomic E-state index is 12.9. The van der Waals surface area contributed by atoms with Crippen molar-refractivity contribution in [3.8, 4) is 17.1 Å². The number of rotatable bonds is 8. The van der Waals surface area contributed by atoms with Gasteiger partial charge >= 0.3 is 0 Å². The Kier molecular flexibility index (Phi) is 7.67. The van der Waals surface area contributed by atoms with E-state index in [0.717, 1.165) is 34.7 Å². The van der Waals surface area contributed by atoms with Crippen LogP contribution in [0, 0.1) is 0 Å². The van der Waals surface area contributed by atoms with Crippen LogP contribution in [0.5, 0.6) is 5.88 Å². The lowest BCUT2D eigenvalue weighted by atomic mass is 10.1.